The number of hydrogen-bond acceptors (Lipinski definition) is 3. The van der Waals surface area contributed by atoms with Crippen LogP contribution in [-0.4, -0.2) is 12.5 Å². The molecular weight excluding hydrogens is 338 g/mol. The zero-order chi connectivity index (χ0) is 18.9. The molecule has 0 aliphatic heterocycles. The second-order valence-corrected chi connectivity index (χ2v) is 6.54. The van der Waals surface area contributed by atoms with E-state index in [1.165, 1.54) is 5.56 Å². The third kappa shape index (κ3) is 5.83. The minimum Gasteiger partial charge on any atom is -0.461 e. The van der Waals surface area contributed by atoms with E-state index >= 15 is 0 Å². The van der Waals surface area contributed by atoms with Crippen LogP contribution in [-0.2, 0) is 29.0 Å². The van der Waals surface area contributed by atoms with Crippen molar-refractivity contribution in [2.24, 2.45) is 5.73 Å². The van der Waals surface area contributed by atoms with Gasteiger partial charge in [0.15, 0.2) is 0 Å². The molecule has 0 atom stereocenters. The Morgan fingerprint density at radius 2 is 1.67 bits per heavy atom. The summed E-state index contributed by atoms with van der Waals surface area (Å²) in [5.41, 5.74) is 8.63. The van der Waals surface area contributed by atoms with Crippen molar-refractivity contribution in [2.45, 2.75) is 32.3 Å². The summed E-state index contributed by atoms with van der Waals surface area (Å²) in [6, 6.07) is 22.2. The van der Waals surface area contributed by atoms with E-state index in [2.05, 4.69) is 12.1 Å². The largest absolute Gasteiger partial charge is 0.461 e. The van der Waals surface area contributed by atoms with Gasteiger partial charge >= 0.3 is 0 Å². The summed E-state index contributed by atoms with van der Waals surface area (Å²) < 4.78 is 11.8. The number of ether oxygens (including phenoxy) is 1. The van der Waals surface area contributed by atoms with E-state index in [4.69, 9.17) is 14.9 Å². The maximum Gasteiger partial charge on any atom is 0.217 e. The monoisotopic (exact) mass is 363 g/mol. The Hall–Kier alpha value is -2.85. The van der Waals surface area contributed by atoms with Crippen LogP contribution in [0.3, 0.4) is 0 Å². The molecule has 2 aromatic carbocycles. The number of furan rings is 1. The SMILES string of the molecule is NC(=O)CCc1cc(CCCOCc2ccccc2)c(-c2ccccc2)o1. The molecule has 1 heterocycles. The highest BCUT2D eigenvalue weighted by Crippen LogP contribution is 2.29. The fourth-order valence-electron chi connectivity index (χ4n) is 3.00. The molecule has 0 unspecified atom stereocenters. The average molecular weight is 363 g/mol. The normalized spacial score (nSPS) is 10.8. The van der Waals surface area contributed by atoms with Crippen LogP contribution >= 0.6 is 0 Å². The molecule has 3 rings (SSSR count). The van der Waals surface area contributed by atoms with E-state index in [1.807, 2.05) is 54.6 Å². The molecule has 0 radical (unpaired) electrons. The van der Waals surface area contributed by atoms with Gasteiger partial charge in [0.2, 0.25) is 5.91 Å². The zero-order valence-electron chi connectivity index (χ0n) is 15.4. The molecule has 0 saturated heterocycles. The van der Waals surface area contributed by atoms with E-state index in [9.17, 15) is 4.79 Å². The summed E-state index contributed by atoms with van der Waals surface area (Å²) in [5, 5.41) is 0. The van der Waals surface area contributed by atoms with Crippen LogP contribution in [0.1, 0.15) is 29.7 Å². The van der Waals surface area contributed by atoms with Crippen molar-refractivity contribution in [1.82, 2.24) is 0 Å². The van der Waals surface area contributed by atoms with Crippen molar-refractivity contribution in [3.8, 4) is 11.3 Å². The number of carbonyl (C=O) groups is 1. The molecule has 0 saturated carbocycles. The lowest BCUT2D eigenvalue weighted by atomic mass is 10.0. The minimum absolute atomic E-state index is 0.293. The third-order valence-corrected chi connectivity index (χ3v) is 4.36. The third-order valence-electron chi connectivity index (χ3n) is 4.36. The van der Waals surface area contributed by atoms with Gasteiger partial charge in [-0.3, -0.25) is 4.79 Å². The first kappa shape index (κ1) is 18.9. The predicted molar refractivity (Wildman–Crippen MR) is 106 cm³/mol. The fourth-order valence-corrected chi connectivity index (χ4v) is 3.00. The Balaban J connectivity index is 1.59. The quantitative estimate of drug-likeness (QED) is 0.539. The van der Waals surface area contributed by atoms with Gasteiger partial charge in [-0.1, -0.05) is 60.7 Å². The molecular formula is C23H25NO3. The highest BCUT2D eigenvalue weighted by atomic mass is 16.5. The van der Waals surface area contributed by atoms with Crippen molar-refractivity contribution in [2.75, 3.05) is 6.61 Å². The van der Waals surface area contributed by atoms with E-state index in [-0.39, 0.29) is 5.91 Å². The number of primary amides is 1. The molecule has 0 fully saturated rings. The molecule has 3 aromatic rings. The number of amides is 1. The summed E-state index contributed by atoms with van der Waals surface area (Å²) in [7, 11) is 0. The molecule has 0 spiro atoms. The molecule has 1 amide bonds. The van der Waals surface area contributed by atoms with Gasteiger partial charge in [0.05, 0.1) is 6.61 Å². The smallest absolute Gasteiger partial charge is 0.217 e. The topological polar surface area (TPSA) is 65.5 Å². The van der Waals surface area contributed by atoms with Gasteiger partial charge in [0.25, 0.3) is 0 Å². The molecule has 27 heavy (non-hydrogen) atoms. The Kier molecular flexibility index (Phi) is 6.83. The van der Waals surface area contributed by atoms with Crippen molar-refractivity contribution < 1.29 is 13.9 Å². The van der Waals surface area contributed by atoms with E-state index in [0.717, 1.165) is 35.5 Å². The van der Waals surface area contributed by atoms with Gasteiger partial charge < -0.3 is 14.9 Å². The van der Waals surface area contributed by atoms with Crippen molar-refractivity contribution in [3.05, 3.63) is 83.6 Å². The number of carbonyl (C=O) groups excluding carboxylic acids is 1. The van der Waals surface area contributed by atoms with E-state index < -0.39 is 0 Å². The fraction of sp³-hybridized carbons (Fsp3) is 0.261. The summed E-state index contributed by atoms with van der Waals surface area (Å²) in [4.78, 5) is 11.1. The van der Waals surface area contributed by atoms with Crippen molar-refractivity contribution in [3.63, 3.8) is 0 Å². The van der Waals surface area contributed by atoms with Crippen LogP contribution in [0.15, 0.2) is 71.1 Å². The van der Waals surface area contributed by atoms with Gasteiger partial charge in [-0.2, -0.15) is 0 Å². The summed E-state index contributed by atoms with van der Waals surface area (Å²) in [5.74, 6) is 1.36. The van der Waals surface area contributed by atoms with Crippen LogP contribution < -0.4 is 5.73 Å². The first-order valence-electron chi connectivity index (χ1n) is 9.29. The minimum atomic E-state index is -0.316. The number of benzene rings is 2. The summed E-state index contributed by atoms with van der Waals surface area (Å²) in [6.07, 6.45) is 2.58. The van der Waals surface area contributed by atoms with Crippen LogP contribution in [0.4, 0.5) is 0 Å². The Bertz CT molecular complexity index is 841. The van der Waals surface area contributed by atoms with Crippen LogP contribution in [0.25, 0.3) is 11.3 Å². The molecule has 4 nitrogen and oxygen atoms in total. The lowest BCUT2D eigenvalue weighted by molar-refractivity contribution is -0.118. The highest BCUT2D eigenvalue weighted by molar-refractivity contribution is 5.74. The number of hydrogen-bond donors (Lipinski definition) is 1. The molecule has 0 aliphatic carbocycles. The Labute approximate surface area is 160 Å². The zero-order valence-corrected chi connectivity index (χ0v) is 15.4. The van der Waals surface area contributed by atoms with Crippen LogP contribution in [0.2, 0.25) is 0 Å². The van der Waals surface area contributed by atoms with E-state index in [0.29, 0.717) is 26.1 Å². The number of rotatable bonds is 10. The first-order valence-corrected chi connectivity index (χ1v) is 9.29. The van der Waals surface area contributed by atoms with Crippen molar-refractivity contribution >= 4 is 5.91 Å². The molecule has 0 bridgehead atoms. The predicted octanol–water partition coefficient (Wildman–Crippen LogP) is 4.51. The standard InChI is InChI=1S/C23H25NO3/c24-22(25)14-13-21-16-20(23(27-21)19-10-5-2-6-11-19)12-7-15-26-17-18-8-3-1-4-9-18/h1-6,8-11,16H,7,12-15,17H2,(H2,24,25). The van der Waals surface area contributed by atoms with Gasteiger partial charge in [-0.25, -0.2) is 0 Å². The lowest BCUT2D eigenvalue weighted by Crippen LogP contribution is -2.10. The molecule has 1 aromatic heterocycles. The highest BCUT2D eigenvalue weighted by Gasteiger charge is 2.13. The van der Waals surface area contributed by atoms with E-state index in [1.54, 1.807) is 0 Å². The lowest BCUT2D eigenvalue weighted by Gasteiger charge is -2.05. The molecule has 4 heteroatoms. The first-order chi connectivity index (χ1) is 13.2. The second kappa shape index (κ2) is 9.74. The number of nitrogens with two attached hydrogens (primary N) is 1. The molecule has 0 aliphatic rings. The Morgan fingerprint density at radius 1 is 0.963 bits per heavy atom. The summed E-state index contributed by atoms with van der Waals surface area (Å²) in [6.45, 7) is 1.31. The van der Waals surface area contributed by atoms with Gasteiger partial charge in [0.1, 0.15) is 11.5 Å². The van der Waals surface area contributed by atoms with Gasteiger partial charge in [-0.15, -0.1) is 0 Å². The van der Waals surface area contributed by atoms with Gasteiger partial charge in [-0.05, 0) is 30.0 Å². The number of aryl methyl sites for hydroxylation is 2. The second-order valence-electron chi connectivity index (χ2n) is 6.54. The van der Waals surface area contributed by atoms with Gasteiger partial charge in [0, 0.05) is 25.0 Å². The Morgan fingerprint density at radius 3 is 2.37 bits per heavy atom. The molecule has 140 valence electrons. The summed E-state index contributed by atoms with van der Waals surface area (Å²) >= 11 is 0. The maximum atomic E-state index is 11.1. The van der Waals surface area contributed by atoms with Crippen LogP contribution in [0.5, 0.6) is 0 Å². The average Bonchev–Trinajstić information content (AvgIpc) is 3.11. The van der Waals surface area contributed by atoms with Crippen molar-refractivity contribution in [1.29, 1.82) is 0 Å². The van der Waals surface area contributed by atoms with Crippen LogP contribution in [0, 0.1) is 0 Å². The molecule has 2 N–H and O–H groups in total. The maximum absolute atomic E-state index is 11.1.